The first-order valence-electron chi connectivity index (χ1n) is 5.69. The molecule has 18 heavy (non-hydrogen) atoms. The number of hydrogen-bond donors (Lipinski definition) is 1. The first-order valence-corrected chi connectivity index (χ1v) is 5.69. The van der Waals surface area contributed by atoms with Crippen molar-refractivity contribution in [3.05, 3.63) is 35.1 Å². The van der Waals surface area contributed by atoms with Crippen LogP contribution < -0.4 is 0 Å². The Labute approximate surface area is 105 Å². The van der Waals surface area contributed by atoms with E-state index in [2.05, 4.69) is 0 Å². The van der Waals surface area contributed by atoms with Crippen molar-refractivity contribution in [1.29, 1.82) is 5.26 Å². The third kappa shape index (κ3) is 4.15. The van der Waals surface area contributed by atoms with Crippen molar-refractivity contribution in [3.63, 3.8) is 0 Å². The van der Waals surface area contributed by atoms with Crippen LogP contribution in [0.3, 0.4) is 0 Å². The van der Waals surface area contributed by atoms with Gasteiger partial charge in [0.25, 0.3) is 0 Å². The molecule has 1 rings (SSSR count). The number of nitrogens with zero attached hydrogens (tertiary/aromatic N) is 2. The summed E-state index contributed by atoms with van der Waals surface area (Å²) in [7, 11) is 0. The molecule has 0 aromatic heterocycles. The van der Waals surface area contributed by atoms with E-state index in [0.29, 0.717) is 18.7 Å². The van der Waals surface area contributed by atoms with Gasteiger partial charge in [0, 0.05) is 6.54 Å². The van der Waals surface area contributed by atoms with Gasteiger partial charge in [-0.3, -0.25) is 9.69 Å². The molecule has 0 radical (unpaired) electrons. The molecule has 0 amide bonds. The lowest BCUT2D eigenvalue weighted by Crippen LogP contribution is -2.30. The molecule has 0 bridgehead atoms. The second kappa shape index (κ2) is 6.72. The third-order valence-electron chi connectivity index (χ3n) is 2.49. The van der Waals surface area contributed by atoms with Crippen LogP contribution in [0.1, 0.15) is 24.5 Å². The van der Waals surface area contributed by atoms with Gasteiger partial charge in [-0.2, -0.15) is 5.26 Å². The van der Waals surface area contributed by atoms with Gasteiger partial charge in [0.15, 0.2) is 0 Å². The molecule has 0 heterocycles. The van der Waals surface area contributed by atoms with Crippen molar-refractivity contribution in [2.24, 2.45) is 0 Å². The maximum Gasteiger partial charge on any atom is 0.317 e. The SMILES string of the molecule is CCCN(CC(=O)O)Cc1ccc(F)cc1C#N. The quantitative estimate of drug-likeness (QED) is 0.838. The third-order valence-corrected chi connectivity index (χ3v) is 2.49. The molecule has 0 saturated heterocycles. The van der Waals surface area contributed by atoms with Gasteiger partial charge in [-0.15, -0.1) is 0 Å². The highest BCUT2D eigenvalue weighted by molar-refractivity contribution is 5.69. The zero-order chi connectivity index (χ0) is 13.5. The minimum Gasteiger partial charge on any atom is -0.480 e. The first-order chi connectivity index (χ1) is 8.56. The molecule has 0 saturated carbocycles. The fraction of sp³-hybridized carbons (Fsp3) is 0.385. The van der Waals surface area contributed by atoms with Gasteiger partial charge in [0.1, 0.15) is 5.82 Å². The van der Waals surface area contributed by atoms with E-state index in [-0.39, 0.29) is 12.1 Å². The Bertz CT molecular complexity index is 469. The summed E-state index contributed by atoms with van der Waals surface area (Å²) in [6, 6.07) is 5.90. The second-order valence-electron chi connectivity index (χ2n) is 4.02. The number of carboxylic acid groups (broad SMARTS) is 1. The van der Waals surface area contributed by atoms with Crippen LogP contribution in [0.2, 0.25) is 0 Å². The zero-order valence-electron chi connectivity index (χ0n) is 10.2. The lowest BCUT2D eigenvalue weighted by Gasteiger charge is -2.20. The van der Waals surface area contributed by atoms with Crippen LogP contribution in [0.15, 0.2) is 18.2 Å². The fourth-order valence-electron chi connectivity index (χ4n) is 1.75. The molecule has 4 nitrogen and oxygen atoms in total. The van der Waals surface area contributed by atoms with Gasteiger partial charge >= 0.3 is 5.97 Å². The molecule has 5 heteroatoms. The molecular formula is C13H15FN2O2. The standard InChI is InChI=1S/C13H15FN2O2/c1-2-5-16(9-13(17)18)8-10-3-4-12(14)6-11(10)7-15/h3-4,6H,2,5,8-9H2,1H3,(H,17,18). The molecule has 1 N–H and O–H groups in total. The van der Waals surface area contributed by atoms with Crippen molar-refractivity contribution in [2.45, 2.75) is 19.9 Å². The van der Waals surface area contributed by atoms with Crippen LogP contribution >= 0.6 is 0 Å². The van der Waals surface area contributed by atoms with Gasteiger partial charge in [-0.25, -0.2) is 4.39 Å². The number of aliphatic carboxylic acids is 1. The highest BCUT2D eigenvalue weighted by Gasteiger charge is 2.12. The molecular weight excluding hydrogens is 235 g/mol. The zero-order valence-corrected chi connectivity index (χ0v) is 10.2. The molecule has 0 aliphatic carbocycles. The van der Waals surface area contributed by atoms with Crippen LogP contribution in [0.5, 0.6) is 0 Å². The maximum absolute atomic E-state index is 13.0. The Morgan fingerprint density at radius 2 is 2.28 bits per heavy atom. The minimum atomic E-state index is -0.913. The van der Waals surface area contributed by atoms with E-state index in [0.717, 1.165) is 6.42 Å². The number of benzene rings is 1. The van der Waals surface area contributed by atoms with Crippen LogP contribution in [0.4, 0.5) is 4.39 Å². The Morgan fingerprint density at radius 3 is 2.83 bits per heavy atom. The van der Waals surface area contributed by atoms with Crippen molar-refractivity contribution >= 4 is 5.97 Å². The number of halogens is 1. The van der Waals surface area contributed by atoms with Crippen molar-refractivity contribution in [2.75, 3.05) is 13.1 Å². The number of hydrogen-bond acceptors (Lipinski definition) is 3. The van der Waals surface area contributed by atoms with E-state index < -0.39 is 11.8 Å². The van der Waals surface area contributed by atoms with E-state index in [1.165, 1.54) is 18.2 Å². The molecule has 0 aliphatic rings. The predicted molar refractivity (Wildman–Crippen MR) is 64.3 cm³/mol. The first kappa shape index (κ1) is 14.1. The fourth-order valence-corrected chi connectivity index (χ4v) is 1.75. The van der Waals surface area contributed by atoms with Gasteiger partial charge in [0.05, 0.1) is 18.2 Å². The van der Waals surface area contributed by atoms with Crippen LogP contribution in [-0.2, 0) is 11.3 Å². The van der Waals surface area contributed by atoms with Crippen LogP contribution in [-0.4, -0.2) is 29.1 Å². The Morgan fingerprint density at radius 1 is 1.56 bits per heavy atom. The topological polar surface area (TPSA) is 64.3 Å². The normalized spacial score (nSPS) is 10.3. The van der Waals surface area contributed by atoms with Crippen molar-refractivity contribution in [3.8, 4) is 6.07 Å². The van der Waals surface area contributed by atoms with E-state index in [1.807, 2.05) is 13.0 Å². The largest absolute Gasteiger partial charge is 0.480 e. The average molecular weight is 250 g/mol. The molecule has 0 atom stereocenters. The molecule has 1 aromatic carbocycles. The summed E-state index contributed by atoms with van der Waals surface area (Å²) in [6.07, 6.45) is 0.816. The Hall–Kier alpha value is -1.93. The van der Waals surface area contributed by atoms with Crippen molar-refractivity contribution < 1.29 is 14.3 Å². The van der Waals surface area contributed by atoms with Crippen molar-refractivity contribution in [1.82, 2.24) is 4.90 Å². The molecule has 0 aliphatic heterocycles. The minimum absolute atomic E-state index is 0.0872. The Balaban J connectivity index is 2.86. The Kier molecular flexibility index (Phi) is 5.28. The number of nitriles is 1. The lowest BCUT2D eigenvalue weighted by atomic mass is 10.1. The lowest BCUT2D eigenvalue weighted by molar-refractivity contribution is -0.138. The van der Waals surface area contributed by atoms with Crippen LogP contribution in [0.25, 0.3) is 0 Å². The predicted octanol–water partition coefficient (Wildman–Crippen LogP) is 1.99. The van der Waals surface area contributed by atoms with E-state index in [1.54, 1.807) is 4.90 Å². The molecule has 96 valence electrons. The molecule has 1 aromatic rings. The maximum atomic E-state index is 13.0. The van der Waals surface area contributed by atoms with Gasteiger partial charge < -0.3 is 5.11 Å². The number of carbonyl (C=O) groups is 1. The summed E-state index contributed by atoms with van der Waals surface area (Å²) < 4.78 is 13.0. The average Bonchev–Trinajstić information content (AvgIpc) is 2.31. The smallest absolute Gasteiger partial charge is 0.317 e. The summed E-state index contributed by atoms with van der Waals surface area (Å²) in [6.45, 7) is 2.82. The number of rotatable bonds is 6. The second-order valence-corrected chi connectivity index (χ2v) is 4.02. The van der Waals surface area contributed by atoms with Gasteiger partial charge in [0.2, 0.25) is 0 Å². The highest BCUT2D eigenvalue weighted by Crippen LogP contribution is 2.13. The van der Waals surface area contributed by atoms with Gasteiger partial charge in [-0.05, 0) is 30.7 Å². The van der Waals surface area contributed by atoms with Gasteiger partial charge in [-0.1, -0.05) is 13.0 Å². The number of carboxylic acids is 1. The monoisotopic (exact) mass is 250 g/mol. The molecule has 0 fully saturated rings. The van der Waals surface area contributed by atoms with E-state index in [9.17, 15) is 9.18 Å². The van der Waals surface area contributed by atoms with E-state index >= 15 is 0 Å². The molecule has 0 spiro atoms. The molecule has 0 unspecified atom stereocenters. The summed E-state index contributed by atoms with van der Waals surface area (Å²) in [4.78, 5) is 12.4. The van der Waals surface area contributed by atoms with Crippen LogP contribution in [0, 0.1) is 17.1 Å². The van der Waals surface area contributed by atoms with E-state index in [4.69, 9.17) is 10.4 Å². The summed E-state index contributed by atoms with van der Waals surface area (Å²) in [5.74, 6) is -1.38. The highest BCUT2D eigenvalue weighted by atomic mass is 19.1. The summed E-state index contributed by atoms with van der Waals surface area (Å²) >= 11 is 0. The summed E-state index contributed by atoms with van der Waals surface area (Å²) in [5, 5.41) is 17.7. The summed E-state index contributed by atoms with van der Waals surface area (Å²) in [5.41, 5.74) is 0.898.